The highest BCUT2D eigenvalue weighted by Gasteiger charge is 2.16. The first-order valence-corrected chi connectivity index (χ1v) is 7.82. The van der Waals surface area contributed by atoms with Crippen molar-refractivity contribution >= 4 is 34.5 Å². The van der Waals surface area contributed by atoms with E-state index in [1.165, 1.54) is 22.5 Å². The summed E-state index contributed by atoms with van der Waals surface area (Å²) in [5.74, 6) is 0. The minimum absolute atomic E-state index is 0.173. The van der Waals surface area contributed by atoms with Crippen molar-refractivity contribution < 1.29 is 0 Å². The van der Waals surface area contributed by atoms with Gasteiger partial charge in [-0.15, -0.1) is 11.3 Å². The van der Waals surface area contributed by atoms with Crippen LogP contribution in [0.25, 0.3) is 0 Å². The monoisotopic (exact) mass is 313 g/mol. The molecule has 102 valence electrons. The number of thiophene rings is 1. The van der Waals surface area contributed by atoms with Crippen molar-refractivity contribution in [2.75, 3.05) is 0 Å². The normalized spacial score (nSPS) is 14.4. The van der Waals surface area contributed by atoms with Gasteiger partial charge in [0.05, 0.1) is 8.67 Å². The van der Waals surface area contributed by atoms with Crippen LogP contribution >= 0.6 is 34.5 Å². The fraction of sp³-hybridized carbons (Fsp3) is 0.333. The Bertz CT molecular complexity index is 565. The standard InChI is InChI=1S/C15H17Cl2NS/c1-9-5-4-6-12(7-9)10(2)18-11(3)13-8-14(16)19-15(13)17/h4-8,10-11,18H,1-3H3/t10-,11?/m0/s1. The summed E-state index contributed by atoms with van der Waals surface area (Å²) in [5, 5.41) is 3.56. The van der Waals surface area contributed by atoms with Crippen LogP contribution in [-0.2, 0) is 0 Å². The van der Waals surface area contributed by atoms with E-state index in [-0.39, 0.29) is 12.1 Å². The molecule has 4 heteroatoms. The van der Waals surface area contributed by atoms with Crippen LogP contribution in [0.4, 0.5) is 0 Å². The molecule has 0 aliphatic carbocycles. The lowest BCUT2D eigenvalue weighted by Gasteiger charge is -2.20. The third kappa shape index (κ3) is 3.73. The molecule has 0 aliphatic heterocycles. The SMILES string of the molecule is Cc1cccc([C@H](C)NC(C)c2cc(Cl)sc2Cl)c1. The lowest BCUT2D eigenvalue weighted by atomic mass is 10.0. The van der Waals surface area contributed by atoms with E-state index < -0.39 is 0 Å². The predicted molar refractivity (Wildman–Crippen MR) is 85.5 cm³/mol. The van der Waals surface area contributed by atoms with E-state index in [0.29, 0.717) is 0 Å². The predicted octanol–water partition coefficient (Wildman–Crippen LogP) is 5.78. The van der Waals surface area contributed by atoms with Crippen LogP contribution in [0.5, 0.6) is 0 Å². The Kier molecular flexibility index (Phi) is 4.91. The first-order valence-electron chi connectivity index (χ1n) is 6.24. The highest BCUT2D eigenvalue weighted by molar-refractivity contribution is 7.20. The molecule has 2 aromatic rings. The van der Waals surface area contributed by atoms with Gasteiger partial charge in [-0.3, -0.25) is 0 Å². The summed E-state index contributed by atoms with van der Waals surface area (Å²) in [7, 11) is 0. The largest absolute Gasteiger partial charge is 0.304 e. The third-order valence-electron chi connectivity index (χ3n) is 3.19. The van der Waals surface area contributed by atoms with E-state index in [0.717, 1.165) is 14.2 Å². The van der Waals surface area contributed by atoms with Gasteiger partial charge in [-0.25, -0.2) is 0 Å². The minimum atomic E-state index is 0.173. The van der Waals surface area contributed by atoms with Crippen LogP contribution in [0.1, 0.15) is 42.6 Å². The van der Waals surface area contributed by atoms with Crippen molar-refractivity contribution in [3.05, 3.63) is 55.7 Å². The van der Waals surface area contributed by atoms with Crippen LogP contribution in [0.15, 0.2) is 30.3 Å². The summed E-state index contributed by atoms with van der Waals surface area (Å²) >= 11 is 13.6. The van der Waals surface area contributed by atoms with Crippen molar-refractivity contribution in [3.63, 3.8) is 0 Å². The Labute approximate surface area is 128 Å². The molecule has 2 rings (SSSR count). The molecular formula is C15H17Cl2NS. The lowest BCUT2D eigenvalue weighted by molar-refractivity contribution is 0.495. The van der Waals surface area contributed by atoms with Crippen molar-refractivity contribution in [1.29, 1.82) is 0 Å². The van der Waals surface area contributed by atoms with Gasteiger partial charge in [0.15, 0.2) is 0 Å². The zero-order chi connectivity index (χ0) is 14.0. The highest BCUT2D eigenvalue weighted by Crippen LogP contribution is 2.35. The molecule has 0 bridgehead atoms. The Morgan fingerprint density at radius 3 is 2.42 bits per heavy atom. The van der Waals surface area contributed by atoms with E-state index in [2.05, 4.69) is 50.4 Å². The Balaban J connectivity index is 2.10. The summed E-state index contributed by atoms with van der Waals surface area (Å²) in [6, 6.07) is 10.9. The molecule has 19 heavy (non-hydrogen) atoms. The van der Waals surface area contributed by atoms with Crippen molar-refractivity contribution in [2.24, 2.45) is 0 Å². The summed E-state index contributed by atoms with van der Waals surface area (Å²) < 4.78 is 1.50. The molecule has 0 amide bonds. The van der Waals surface area contributed by atoms with Crippen LogP contribution < -0.4 is 5.32 Å². The van der Waals surface area contributed by atoms with Gasteiger partial charge in [0.25, 0.3) is 0 Å². The van der Waals surface area contributed by atoms with Gasteiger partial charge >= 0.3 is 0 Å². The quantitative estimate of drug-likeness (QED) is 0.755. The molecule has 1 aromatic heterocycles. The van der Waals surface area contributed by atoms with E-state index in [1.54, 1.807) is 0 Å². The second-order valence-corrected chi connectivity index (χ2v) is 7.09. The van der Waals surface area contributed by atoms with E-state index in [1.807, 2.05) is 6.07 Å². The average molecular weight is 314 g/mol. The van der Waals surface area contributed by atoms with Crippen LogP contribution in [0, 0.1) is 6.92 Å². The van der Waals surface area contributed by atoms with Crippen molar-refractivity contribution in [1.82, 2.24) is 5.32 Å². The minimum Gasteiger partial charge on any atom is -0.304 e. The van der Waals surface area contributed by atoms with Gasteiger partial charge in [-0.1, -0.05) is 53.0 Å². The number of rotatable bonds is 4. The molecule has 0 saturated heterocycles. The average Bonchev–Trinajstić information content (AvgIpc) is 2.68. The number of benzene rings is 1. The number of halogens is 2. The first-order chi connectivity index (χ1) is 8.97. The third-order valence-corrected chi connectivity index (χ3v) is 4.71. The molecule has 1 N–H and O–H groups in total. The molecule has 0 fully saturated rings. The highest BCUT2D eigenvalue weighted by atomic mass is 35.5. The first kappa shape index (κ1) is 14.9. The van der Waals surface area contributed by atoms with Gasteiger partial charge in [0, 0.05) is 12.1 Å². The molecule has 1 heterocycles. The summed E-state index contributed by atoms with van der Waals surface area (Å²) in [6.07, 6.45) is 0. The zero-order valence-electron chi connectivity index (χ0n) is 11.2. The molecule has 0 radical (unpaired) electrons. The number of aryl methyl sites for hydroxylation is 1. The molecule has 0 saturated carbocycles. The fourth-order valence-corrected chi connectivity index (χ4v) is 3.79. The van der Waals surface area contributed by atoms with Gasteiger partial charge in [-0.05, 0) is 38.0 Å². The Morgan fingerprint density at radius 1 is 1.11 bits per heavy atom. The maximum atomic E-state index is 6.19. The number of hydrogen-bond donors (Lipinski definition) is 1. The maximum Gasteiger partial charge on any atom is 0.0991 e. The Morgan fingerprint density at radius 2 is 1.84 bits per heavy atom. The van der Waals surface area contributed by atoms with E-state index in [4.69, 9.17) is 23.2 Å². The van der Waals surface area contributed by atoms with Gasteiger partial charge in [-0.2, -0.15) is 0 Å². The molecule has 0 spiro atoms. The van der Waals surface area contributed by atoms with Gasteiger partial charge in [0.1, 0.15) is 0 Å². The van der Waals surface area contributed by atoms with E-state index >= 15 is 0 Å². The lowest BCUT2D eigenvalue weighted by Crippen LogP contribution is -2.22. The molecule has 2 atom stereocenters. The van der Waals surface area contributed by atoms with Crippen molar-refractivity contribution in [3.8, 4) is 0 Å². The number of hydrogen-bond acceptors (Lipinski definition) is 2. The van der Waals surface area contributed by atoms with Crippen LogP contribution in [0.3, 0.4) is 0 Å². The molecule has 1 nitrogen and oxygen atoms in total. The van der Waals surface area contributed by atoms with Gasteiger partial charge < -0.3 is 5.32 Å². The summed E-state index contributed by atoms with van der Waals surface area (Å²) in [4.78, 5) is 0. The Hall–Kier alpha value is -0.540. The van der Waals surface area contributed by atoms with E-state index in [9.17, 15) is 0 Å². The summed E-state index contributed by atoms with van der Waals surface area (Å²) in [6.45, 7) is 6.37. The smallest absolute Gasteiger partial charge is 0.0991 e. The fourth-order valence-electron chi connectivity index (χ4n) is 2.15. The topological polar surface area (TPSA) is 12.0 Å². The molecular weight excluding hydrogens is 297 g/mol. The van der Waals surface area contributed by atoms with Crippen LogP contribution in [0.2, 0.25) is 8.67 Å². The second kappa shape index (κ2) is 6.27. The maximum absolute atomic E-state index is 6.19. The molecule has 1 aromatic carbocycles. The summed E-state index contributed by atoms with van der Waals surface area (Å²) in [5.41, 5.74) is 3.62. The zero-order valence-corrected chi connectivity index (χ0v) is 13.5. The molecule has 0 aliphatic rings. The van der Waals surface area contributed by atoms with Crippen LogP contribution in [-0.4, -0.2) is 0 Å². The molecule has 1 unspecified atom stereocenters. The van der Waals surface area contributed by atoms with Crippen molar-refractivity contribution in [2.45, 2.75) is 32.9 Å². The van der Waals surface area contributed by atoms with Gasteiger partial charge in [0.2, 0.25) is 0 Å². The second-order valence-electron chi connectivity index (χ2n) is 4.80. The number of nitrogens with one attached hydrogen (secondary N) is 1.